The first kappa shape index (κ1) is 14.7. The number of pyridine rings is 1. The number of aromatic nitrogens is 1. The van der Waals surface area contributed by atoms with Crippen molar-refractivity contribution in [2.75, 3.05) is 24.7 Å². The van der Waals surface area contributed by atoms with Gasteiger partial charge in [-0.3, -0.25) is 14.9 Å². The third-order valence-electron chi connectivity index (χ3n) is 3.84. The van der Waals surface area contributed by atoms with E-state index in [1.54, 1.807) is 15.9 Å². The van der Waals surface area contributed by atoms with Crippen molar-refractivity contribution in [1.29, 1.82) is 5.26 Å². The Morgan fingerprint density at radius 2 is 2.22 bits per heavy atom. The van der Waals surface area contributed by atoms with Gasteiger partial charge < -0.3 is 9.80 Å². The van der Waals surface area contributed by atoms with Crippen molar-refractivity contribution in [2.45, 2.75) is 6.92 Å². The van der Waals surface area contributed by atoms with Crippen molar-refractivity contribution in [3.63, 3.8) is 0 Å². The molecule has 116 valence electrons. The molecule has 0 radical (unpaired) electrons. The molecule has 0 aliphatic carbocycles. The van der Waals surface area contributed by atoms with Crippen LogP contribution in [0.2, 0.25) is 0 Å². The van der Waals surface area contributed by atoms with E-state index in [0.29, 0.717) is 35.5 Å². The molecule has 0 bridgehead atoms. The molecule has 1 saturated heterocycles. The molecule has 23 heavy (non-hydrogen) atoms. The van der Waals surface area contributed by atoms with Crippen molar-refractivity contribution in [1.82, 2.24) is 9.88 Å². The number of carbonyl (C=O) groups excluding carboxylic acids is 1. The number of nitrogens with zero attached hydrogens (tertiary/aromatic N) is 5. The monoisotopic (exact) mass is 311 g/mol. The van der Waals surface area contributed by atoms with Crippen LogP contribution < -0.4 is 4.90 Å². The number of non-ortho nitro benzene ring substituents is 1. The van der Waals surface area contributed by atoms with Gasteiger partial charge in [0.2, 0.25) is 5.91 Å². The van der Waals surface area contributed by atoms with Crippen LogP contribution >= 0.6 is 0 Å². The quantitative estimate of drug-likeness (QED) is 0.630. The van der Waals surface area contributed by atoms with Gasteiger partial charge in [0.15, 0.2) is 0 Å². The second-order valence-corrected chi connectivity index (χ2v) is 5.19. The van der Waals surface area contributed by atoms with Gasteiger partial charge in [0, 0.05) is 24.1 Å². The molecule has 1 aromatic carbocycles. The predicted octanol–water partition coefficient (Wildman–Crippen LogP) is 1.64. The number of carbonyl (C=O) groups is 1. The van der Waals surface area contributed by atoms with E-state index in [2.05, 4.69) is 4.98 Å². The van der Waals surface area contributed by atoms with E-state index >= 15 is 0 Å². The minimum Gasteiger partial charge on any atom is -0.329 e. The number of benzene rings is 1. The predicted molar refractivity (Wildman–Crippen MR) is 82.7 cm³/mol. The highest BCUT2D eigenvalue weighted by molar-refractivity contribution is 5.90. The lowest BCUT2D eigenvalue weighted by molar-refractivity contribution is -0.384. The molecule has 0 N–H and O–H groups in total. The summed E-state index contributed by atoms with van der Waals surface area (Å²) in [4.78, 5) is 30.1. The molecule has 1 amide bonds. The number of hydrogen-bond acceptors (Lipinski definition) is 6. The topological polar surface area (TPSA) is 103 Å². The normalized spacial score (nSPS) is 14.3. The number of amides is 1. The Morgan fingerprint density at radius 3 is 2.83 bits per heavy atom. The molecule has 0 atom stereocenters. The second kappa shape index (κ2) is 5.53. The number of likely N-dealkylation sites (N-methyl/N-ethyl adjacent to an activating group) is 1. The molecule has 0 unspecified atom stereocenters. The van der Waals surface area contributed by atoms with E-state index in [-0.39, 0.29) is 18.1 Å². The van der Waals surface area contributed by atoms with Crippen molar-refractivity contribution in [3.8, 4) is 6.07 Å². The summed E-state index contributed by atoms with van der Waals surface area (Å²) in [7, 11) is 0. The maximum Gasteiger partial charge on any atom is 0.270 e. The number of nitriles is 1. The van der Waals surface area contributed by atoms with Crippen LogP contribution in [-0.2, 0) is 4.79 Å². The van der Waals surface area contributed by atoms with E-state index < -0.39 is 4.92 Å². The van der Waals surface area contributed by atoms with E-state index in [0.717, 1.165) is 0 Å². The van der Waals surface area contributed by atoms with Gasteiger partial charge in [-0.15, -0.1) is 0 Å². The Morgan fingerprint density at radius 1 is 1.43 bits per heavy atom. The standard InChI is InChI=1S/C15H13N5O3/c1-2-18-9-19(8-15(18)21)14-5-10(7-16)12-6-11(20(22)23)3-4-13(12)17-14/h3-6H,2,8-9H2,1H3. The lowest BCUT2D eigenvalue weighted by Gasteiger charge is -2.18. The highest BCUT2D eigenvalue weighted by atomic mass is 16.6. The average molecular weight is 311 g/mol. The lowest BCUT2D eigenvalue weighted by atomic mass is 10.1. The SMILES string of the molecule is CCN1CN(c2cc(C#N)c3cc([N+](=O)[O-])ccc3n2)CC1=O. The van der Waals surface area contributed by atoms with Crippen LogP contribution in [0.4, 0.5) is 11.5 Å². The first-order valence-corrected chi connectivity index (χ1v) is 7.05. The minimum absolute atomic E-state index is 0.0107. The second-order valence-electron chi connectivity index (χ2n) is 5.19. The summed E-state index contributed by atoms with van der Waals surface area (Å²) in [6, 6.07) is 7.84. The molecule has 1 aliphatic heterocycles. The summed E-state index contributed by atoms with van der Waals surface area (Å²) in [6.45, 7) is 3.14. The van der Waals surface area contributed by atoms with Gasteiger partial charge in [-0.1, -0.05) is 0 Å². The van der Waals surface area contributed by atoms with E-state index in [4.69, 9.17) is 0 Å². The van der Waals surface area contributed by atoms with Crippen molar-refractivity contribution < 1.29 is 9.72 Å². The van der Waals surface area contributed by atoms with Crippen LogP contribution in [0.1, 0.15) is 12.5 Å². The Hall–Kier alpha value is -3.21. The molecule has 2 aromatic rings. The van der Waals surface area contributed by atoms with Crippen LogP contribution in [0, 0.1) is 21.4 Å². The highest BCUT2D eigenvalue weighted by Crippen LogP contribution is 2.27. The number of rotatable bonds is 3. The van der Waals surface area contributed by atoms with Gasteiger partial charge in [0.1, 0.15) is 12.4 Å². The lowest BCUT2D eigenvalue weighted by Crippen LogP contribution is -2.27. The average Bonchev–Trinajstić information content (AvgIpc) is 2.94. The Balaban J connectivity index is 2.08. The summed E-state index contributed by atoms with van der Waals surface area (Å²) in [5.41, 5.74) is 0.709. The molecule has 2 heterocycles. The fraction of sp³-hybridized carbons (Fsp3) is 0.267. The molecule has 8 heteroatoms. The minimum atomic E-state index is -0.507. The number of fused-ring (bicyclic) bond motifs is 1. The van der Waals surface area contributed by atoms with Crippen molar-refractivity contribution in [2.24, 2.45) is 0 Å². The molecule has 0 spiro atoms. The third kappa shape index (κ3) is 2.53. The fourth-order valence-corrected chi connectivity index (χ4v) is 2.60. The third-order valence-corrected chi connectivity index (χ3v) is 3.84. The first-order chi connectivity index (χ1) is 11.0. The Kier molecular flexibility index (Phi) is 3.54. The van der Waals surface area contributed by atoms with Crippen molar-refractivity contribution in [3.05, 3.63) is 39.9 Å². The summed E-state index contributed by atoms with van der Waals surface area (Å²) in [5, 5.41) is 20.6. The summed E-state index contributed by atoms with van der Waals surface area (Å²) in [6.07, 6.45) is 0. The molecule has 3 rings (SSSR count). The molecule has 8 nitrogen and oxygen atoms in total. The number of hydrogen-bond donors (Lipinski definition) is 0. The molecule has 1 aromatic heterocycles. The first-order valence-electron chi connectivity index (χ1n) is 7.05. The zero-order valence-electron chi connectivity index (χ0n) is 12.4. The maximum atomic E-state index is 11.8. The van der Waals surface area contributed by atoms with Gasteiger partial charge >= 0.3 is 0 Å². The van der Waals surface area contributed by atoms with Gasteiger partial charge in [-0.05, 0) is 19.1 Å². The van der Waals surface area contributed by atoms with Gasteiger partial charge in [0.25, 0.3) is 5.69 Å². The van der Waals surface area contributed by atoms with Crippen molar-refractivity contribution >= 4 is 28.3 Å². The summed E-state index contributed by atoms with van der Waals surface area (Å²) in [5.74, 6) is 0.531. The zero-order valence-corrected chi connectivity index (χ0v) is 12.4. The largest absolute Gasteiger partial charge is 0.329 e. The molecule has 1 aliphatic rings. The fourth-order valence-electron chi connectivity index (χ4n) is 2.60. The Bertz CT molecular complexity index is 858. The molecular formula is C15H13N5O3. The van der Waals surface area contributed by atoms with Gasteiger partial charge in [0.05, 0.1) is 28.7 Å². The van der Waals surface area contributed by atoms with Crippen LogP contribution in [0.15, 0.2) is 24.3 Å². The van der Waals surface area contributed by atoms with Gasteiger partial charge in [-0.25, -0.2) is 4.98 Å². The maximum absolute atomic E-state index is 11.8. The number of nitro benzene ring substituents is 1. The zero-order chi connectivity index (χ0) is 16.6. The van der Waals surface area contributed by atoms with Crippen LogP contribution in [0.3, 0.4) is 0 Å². The smallest absolute Gasteiger partial charge is 0.270 e. The Labute approximate surface area is 131 Å². The summed E-state index contributed by atoms with van der Waals surface area (Å²) < 4.78 is 0. The van der Waals surface area contributed by atoms with E-state index in [1.807, 2.05) is 13.0 Å². The van der Waals surface area contributed by atoms with Gasteiger partial charge in [-0.2, -0.15) is 5.26 Å². The van der Waals surface area contributed by atoms with E-state index in [1.165, 1.54) is 18.2 Å². The molecule has 0 saturated carbocycles. The summed E-state index contributed by atoms with van der Waals surface area (Å²) >= 11 is 0. The van der Waals surface area contributed by atoms with Crippen LogP contribution in [0.5, 0.6) is 0 Å². The highest BCUT2D eigenvalue weighted by Gasteiger charge is 2.27. The van der Waals surface area contributed by atoms with Crippen LogP contribution in [-0.4, -0.2) is 40.5 Å². The number of nitro groups is 1. The van der Waals surface area contributed by atoms with E-state index in [9.17, 15) is 20.2 Å². The van der Waals surface area contributed by atoms with Crippen LogP contribution in [0.25, 0.3) is 10.9 Å². The molecule has 1 fully saturated rings. The molecular weight excluding hydrogens is 298 g/mol. The number of anilines is 1.